The molecule has 0 heterocycles. The van der Waals surface area contributed by atoms with Crippen LogP contribution in [0.3, 0.4) is 0 Å². The minimum Gasteiger partial charge on any atom is -0.353 e. The molecule has 0 saturated carbocycles. The predicted molar refractivity (Wildman–Crippen MR) is 91.8 cm³/mol. The van der Waals surface area contributed by atoms with Crippen molar-refractivity contribution >= 4 is 0 Å². The van der Waals surface area contributed by atoms with Crippen LogP contribution in [0.4, 0.5) is 0 Å². The minimum absolute atomic E-state index is 0.00463. The van der Waals surface area contributed by atoms with Crippen molar-refractivity contribution in [2.45, 2.75) is 79.9 Å². The molecule has 0 aromatic carbocycles. The van der Waals surface area contributed by atoms with Gasteiger partial charge in [-0.2, -0.15) is 0 Å². The molecular weight excluding hydrogens is 282 g/mol. The summed E-state index contributed by atoms with van der Waals surface area (Å²) in [5.41, 5.74) is 5.74. The van der Waals surface area contributed by atoms with Crippen LogP contribution >= 0.6 is 0 Å². The highest BCUT2D eigenvalue weighted by molar-refractivity contribution is 4.62. The van der Waals surface area contributed by atoms with Gasteiger partial charge in [-0.3, -0.25) is 0 Å². The van der Waals surface area contributed by atoms with E-state index in [0.29, 0.717) is 19.1 Å². The maximum absolute atomic E-state index is 5.74. The molecule has 0 aliphatic heterocycles. The second-order valence-electron chi connectivity index (χ2n) is 5.02. The van der Waals surface area contributed by atoms with Crippen molar-refractivity contribution < 1.29 is 18.9 Å². The molecule has 0 radical (unpaired) electrons. The number of hydrogen-bond donors (Lipinski definition) is 1. The molecule has 0 spiro atoms. The monoisotopic (exact) mass is 321 g/mol. The van der Waals surface area contributed by atoms with Gasteiger partial charge in [-0.25, -0.2) is 0 Å². The quantitative estimate of drug-likeness (QED) is 0.557. The Kier molecular flexibility index (Phi) is 18.8. The number of hydrogen-bond acceptors (Lipinski definition) is 5. The molecule has 0 unspecified atom stereocenters. The van der Waals surface area contributed by atoms with Crippen LogP contribution in [0.15, 0.2) is 0 Å². The third-order valence-electron chi connectivity index (χ3n) is 3.25. The van der Waals surface area contributed by atoms with Gasteiger partial charge in [-0.05, 0) is 40.5 Å². The average molecular weight is 322 g/mol. The molecule has 0 aromatic rings. The van der Waals surface area contributed by atoms with Crippen LogP contribution in [0, 0.1) is 5.92 Å². The maximum atomic E-state index is 5.74. The van der Waals surface area contributed by atoms with Crippen molar-refractivity contribution in [2.24, 2.45) is 11.7 Å². The third-order valence-corrected chi connectivity index (χ3v) is 3.25. The molecule has 136 valence electrons. The lowest BCUT2D eigenvalue weighted by atomic mass is 10.1. The summed E-state index contributed by atoms with van der Waals surface area (Å²) in [6, 6.07) is -0.00472. The predicted octanol–water partition coefficient (Wildman–Crippen LogP) is 3.55. The molecular formula is C17H39NO4. The fourth-order valence-electron chi connectivity index (χ4n) is 1.71. The van der Waals surface area contributed by atoms with E-state index < -0.39 is 0 Å². The Balaban J connectivity index is 0. The Morgan fingerprint density at radius 1 is 0.636 bits per heavy atom. The molecule has 0 bridgehead atoms. The summed E-state index contributed by atoms with van der Waals surface area (Å²) < 4.78 is 21.4. The van der Waals surface area contributed by atoms with E-state index in [-0.39, 0.29) is 18.6 Å². The summed E-state index contributed by atoms with van der Waals surface area (Å²) in [4.78, 5) is 0. The first kappa shape index (κ1) is 24.1. The molecule has 0 rings (SSSR count). The van der Waals surface area contributed by atoms with Crippen molar-refractivity contribution in [1.29, 1.82) is 0 Å². The Morgan fingerprint density at radius 2 is 1.00 bits per heavy atom. The number of nitrogens with two attached hydrogens (primary N) is 1. The zero-order valence-corrected chi connectivity index (χ0v) is 15.8. The van der Waals surface area contributed by atoms with Crippen molar-refractivity contribution in [2.75, 3.05) is 26.4 Å². The smallest absolute Gasteiger partial charge is 0.172 e. The highest BCUT2D eigenvalue weighted by Crippen LogP contribution is 2.12. The third kappa shape index (κ3) is 12.4. The highest BCUT2D eigenvalue weighted by atomic mass is 16.7. The normalized spacial score (nSPS) is 13.9. The van der Waals surface area contributed by atoms with E-state index in [9.17, 15) is 0 Å². The van der Waals surface area contributed by atoms with Gasteiger partial charge in [0.1, 0.15) is 0 Å². The fraction of sp³-hybridized carbons (Fsp3) is 1.00. The van der Waals surface area contributed by atoms with Crippen molar-refractivity contribution in [3.05, 3.63) is 0 Å². The Hall–Kier alpha value is -0.200. The second kappa shape index (κ2) is 17.2. The average Bonchev–Trinajstić information content (AvgIpc) is 2.53. The van der Waals surface area contributed by atoms with Gasteiger partial charge in [-0.1, -0.05) is 20.8 Å². The molecule has 0 aromatic heterocycles. The molecule has 0 saturated heterocycles. The van der Waals surface area contributed by atoms with Crippen LogP contribution < -0.4 is 5.73 Å². The maximum Gasteiger partial charge on any atom is 0.172 e. The van der Waals surface area contributed by atoms with Crippen LogP contribution in [-0.4, -0.2) is 45.0 Å². The first-order valence-electron chi connectivity index (χ1n) is 8.73. The van der Waals surface area contributed by atoms with Crippen molar-refractivity contribution in [3.8, 4) is 0 Å². The molecule has 0 fully saturated rings. The molecule has 0 amide bonds. The second-order valence-corrected chi connectivity index (χ2v) is 5.02. The van der Waals surface area contributed by atoms with Crippen LogP contribution in [0.25, 0.3) is 0 Å². The summed E-state index contributed by atoms with van der Waals surface area (Å²) in [7, 11) is 0. The largest absolute Gasteiger partial charge is 0.353 e. The zero-order chi connectivity index (χ0) is 17.4. The first-order chi connectivity index (χ1) is 10.5. The van der Waals surface area contributed by atoms with Gasteiger partial charge < -0.3 is 24.7 Å². The summed E-state index contributed by atoms with van der Waals surface area (Å²) in [6.07, 6.45) is 1.75. The SMILES string of the molecule is CCOC(OCC)[C@@H](C)CC.CCOC(OCC)[C@@H](N)CC. The lowest BCUT2D eigenvalue weighted by Gasteiger charge is -2.22. The van der Waals surface area contributed by atoms with Crippen molar-refractivity contribution in [1.82, 2.24) is 0 Å². The van der Waals surface area contributed by atoms with E-state index >= 15 is 0 Å². The Bertz CT molecular complexity index is 183. The van der Waals surface area contributed by atoms with Gasteiger partial charge in [0.15, 0.2) is 12.6 Å². The van der Waals surface area contributed by atoms with Crippen molar-refractivity contribution in [3.63, 3.8) is 0 Å². The zero-order valence-electron chi connectivity index (χ0n) is 15.8. The molecule has 0 aliphatic carbocycles. The van der Waals surface area contributed by atoms with Crippen LogP contribution in [-0.2, 0) is 18.9 Å². The van der Waals surface area contributed by atoms with E-state index in [0.717, 1.165) is 26.1 Å². The van der Waals surface area contributed by atoms with E-state index in [1.807, 2.05) is 34.6 Å². The first-order valence-corrected chi connectivity index (χ1v) is 8.73. The van der Waals surface area contributed by atoms with Crippen LogP contribution in [0.1, 0.15) is 61.3 Å². The van der Waals surface area contributed by atoms with Crippen LogP contribution in [0.2, 0.25) is 0 Å². The van der Waals surface area contributed by atoms with Gasteiger partial charge in [0.05, 0.1) is 6.04 Å². The molecule has 2 N–H and O–H groups in total. The lowest BCUT2D eigenvalue weighted by molar-refractivity contribution is -0.163. The Labute approximate surface area is 137 Å². The van der Waals surface area contributed by atoms with E-state index in [1.54, 1.807) is 0 Å². The Morgan fingerprint density at radius 3 is 1.27 bits per heavy atom. The number of rotatable bonds is 12. The lowest BCUT2D eigenvalue weighted by Crippen LogP contribution is -2.38. The highest BCUT2D eigenvalue weighted by Gasteiger charge is 2.15. The van der Waals surface area contributed by atoms with Crippen LogP contribution in [0.5, 0.6) is 0 Å². The van der Waals surface area contributed by atoms with Gasteiger partial charge in [0.2, 0.25) is 0 Å². The van der Waals surface area contributed by atoms with Gasteiger partial charge in [0, 0.05) is 32.3 Å². The van der Waals surface area contributed by atoms with Gasteiger partial charge in [0.25, 0.3) is 0 Å². The van der Waals surface area contributed by atoms with E-state index in [1.165, 1.54) is 0 Å². The molecule has 22 heavy (non-hydrogen) atoms. The fourth-order valence-corrected chi connectivity index (χ4v) is 1.71. The standard InChI is InChI=1S/C9H20O2.C8H19NO2/c1-5-8(4)9(10-6-2)11-7-3;1-4-7(9)8(10-5-2)11-6-3/h8-9H,5-7H2,1-4H3;7-8H,4-6,9H2,1-3H3/t8-;7-/m00/s1. The summed E-state index contributed by atoms with van der Waals surface area (Å²) in [5.74, 6) is 0.495. The minimum atomic E-state index is -0.227. The summed E-state index contributed by atoms with van der Waals surface area (Å²) in [6.45, 7) is 17.0. The molecule has 5 nitrogen and oxygen atoms in total. The molecule has 2 atom stereocenters. The van der Waals surface area contributed by atoms with E-state index in [2.05, 4.69) is 13.8 Å². The van der Waals surface area contributed by atoms with Gasteiger partial charge in [-0.15, -0.1) is 0 Å². The topological polar surface area (TPSA) is 62.9 Å². The summed E-state index contributed by atoms with van der Waals surface area (Å²) >= 11 is 0. The number of ether oxygens (including phenoxy) is 4. The van der Waals surface area contributed by atoms with Gasteiger partial charge >= 0.3 is 0 Å². The summed E-state index contributed by atoms with van der Waals surface area (Å²) in [5, 5.41) is 0. The molecule has 0 aliphatic rings. The molecule has 5 heteroatoms. The van der Waals surface area contributed by atoms with E-state index in [4.69, 9.17) is 24.7 Å².